The Morgan fingerprint density at radius 1 is 1.37 bits per heavy atom. The van der Waals surface area contributed by atoms with Crippen LogP contribution in [0.3, 0.4) is 0 Å². The third-order valence-electron chi connectivity index (χ3n) is 4.16. The standard InChI is InChI=1S/C16H16Cl2N4O4S/c1-21-4-2-9(3-5-21)20-15(23)13-6-12(22(24)25)16(27-13)26-14-10(17)7-19-8-11(14)18/h6-9H,2-5H2,1H3,(H,20,23). The molecule has 0 aliphatic carbocycles. The van der Waals surface area contributed by atoms with Crippen LogP contribution in [0, 0.1) is 10.1 Å². The number of carbonyl (C=O) groups excluding carboxylic acids is 1. The topological polar surface area (TPSA) is 97.6 Å². The van der Waals surface area contributed by atoms with Gasteiger partial charge in [-0.1, -0.05) is 34.5 Å². The molecule has 0 bridgehead atoms. The van der Waals surface area contributed by atoms with E-state index in [1.54, 1.807) is 0 Å². The molecule has 1 aliphatic heterocycles. The van der Waals surface area contributed by atoms with Crippen LogP contribution in [0.4, 0.5) is 5.69 Å². The Labute approximate surface area is 169 Å². The Hall–Kier alpha value is -1.94. The maximum atomic E-state index is 12.5. The summed E-state index contributed by atoms with van der Waals surface area (Å²) in [6.07, 6.45) is 4.30. The van der Waals surface area contributed by atoms with Gasteiger partial charge in [0.2, 0.25) is 0 Å². The number of hydrogen-bond donors (Lipinski definition) is 1. The van der Waals surface area contributed by atoms with E-state index in [9.17, 15) is 14.9 Å². The molecule has 0 spiro atoms. The molecule has 1 N–H and O–H groups in total. The molecule has 1 aliphatic rings. The van der Waals surface area contributed by atoms with Gasteiger partial charge in [0.15, 0.2) is 5.75 Å². The first kappa shape index (κ1) is 19.8. The second kappa shape index (κ2) is 8.39. The fraction of sp³-hybridized carbons (Fsp3) is 0.375. The van der Waals surface area contributed by atoms with Crippen molar-refractivity contribution in [2.45, 2.75) is 18.9 Å². The number of nitrogens with one attached hydrogen (secondary N) is 1. The highest BCUT2D eigenvalue weighted by Gasteiger charge is 2.27. The molecule has 1 amide bonds. The molecule has 144 valence electrons. The highest BCUT2D eigenvalue weighted by molar-refractivity contribution is 7.16. The largest absolute Gasteiger partial charge is 0.437 e. The number of thiophene rings is 1. The van der Waals surface area contributed by atoms with Gasteiger partial charge in [0, 0.05) is 24.5 Å². The Balaban J connectivity index is 1.81. The Bertz CT molecular complexity index is 848. The minimum atomic E-state index is -0.610. The van der Waals surface area contributed by atoms with Gasteiger partial charge in [-0.15, -0.1) is 0 Å². The summed E-state index contributed by atoms with van der Waals surface area (Å²) >= 11 is 12.9. The average molecular weight is 431 g/mol. The highest BCUT2D eigenvalue weighted by atomic mass is 35.5. The molecule has 8 nitrogen and oxygen atoms in total. The van der Waals surface area contributed by atoms with Crippen molar-refractivity contribution in [2.24, 2.45) is 0 Å². The third-order valence-corrected chi connectivity index (χ3v) is 5.70. The van der Waals surface area contributed by atoms with Crippen LogP contribution in [0.1, 0.15) is 22.5 Å². The van der Waals surface area contributed by atoms with Crippen molar-refractivity contribution in [2.75, 3.05) is 20.1 Å². The average Bonchev–Trinajstić information content (AvgIpc) is 3.05. The molecule has 0 atom stereocenters. The SMILES string of the molecule is CN1CCC(NC(=O)c2cc([N+](=O)[O-])c(Oc3c(Cl)cncc3Cl)s2)CC1. The number of rotatable bonds is 5. The molecule has 2 aromatic rings. The molecule has 1 fully saturated rings. The van der Waals surface area contributed by atoms with Crippen molar-refractivity contribution in [3.8, 4) is 10.8 Å². The van der Waals surface area contributed by atoms with Crippen LogP contribution in [0.25, 0.3) is 0 Å². The van der Waals surface area contributed by atoms with E-state index in [2.05, 4.69) is 15.2 Å². The number of pyridine rings is 1. The molecule has 2 aromatic heterocycles. The van der Waals surface area contributed by atoms with Crippen LogP contribution < -0.4 is 10.1 Å². The van der Waals surface area contributed by atoms with Crippen LogP contribution in [0.5, 0.6) is 10.8 Å². The molecule has 0 aromatic carbocycles. The first-order chi connectivity index (χ1) is 12.8. The number of hydrogen-bond acceptors (Lipinski definition) is 7. The molecule has 0 saturated carbocycles. The predicted octanol–water partition coefficient (Wildman–Crippen LogP) is 3.97. The monoisotopic (exact) mass is 430 g/mol. The van der Waals surface area contributed by atoms with Crippen LogP contribution in [-0.4, -0.2) is 46.9 Å². The van der Waals surface area contributed by atoms with E-state index in [1.807, 2.05) is 7.05 Å². The zero-order chi connectivity index (χ0) is 19.6. The normalized spacial score (nSPS) is 15.5. The van der Waals surface area contributed by atoms with Crippen LogP contribution in [0.2, 0.25) is 10.0 Å². The maximum Gasteiger partial charge on any atom is 0.323 e. The van der Waals surface area contributed by atoms with Gasteiger partial charge in [-0.2, -0.15) is 0 Å². The summed E-state index contributed by atoms with van der Waals surface area (Å²) in [5.74, 6) is -0.306. The molecule has 3 heterocycles. The van der Waals surface area contributed by atoms with E-state index >= 15 is 0 Å². The zero-order valence-electron chi connectivity index (χ0n) is 14.3. The van der Waals surface area contributed by atoms with Crippen LogP contribution in [-0.2, 0) is 0 Å². The lowest BCUT2D eigenvalue weighted by atomic mass is 10.1. The second-order valence-electron chi connectivity index (χ2n) is 6.13. The van der Waals surface area contributed by atoms with Crippen LogP contribution >= 0.6 is 34.5 Å². The lowest BCUT2D eigenvalue weighted by molar-refractivity contribution is -0.385. The summed E-state index contributed by atoms with van der Waals surface area (Å²) < 4.78 is 5.55. The first-order valence-corrected chi connectivity index (χ1v) is 9.67. The van der Waals surface area contributed by atoms with Crippen molar-refractivity contribution in [1.29, 1.82) is 0 Å². The summed E-state index contributed by atoms with van der Waals surface area (Å²) in [6.45, 7) is 1.78. The first-order valence-electron chi connectivity index (χ1n) is 8.09. The number of amides is 1. The van der Waals surface area contributed by atoms with Crippen molar-refractivity contribution >= 4 is 46.1 Å². The van der Waals surface area contributed by atoms with E-state index in [-0.39, 0.29) is 43.4 Å². The van der Waals surface area contributed by atoms with E-state index in [1.165, 1.54) is 18.5 Å². The van der Waals surface area contributed by atoms with Crippen molar-refractivity contribution in [1.82, 2.24) is 15.2 Å². The summed E-state index contributed by atoms with van der Waals surface area (Å²) in [4.78, 5) is 29.4. The van der Waals surface area contributed by atoms with Gasteiger partial charge in [-0.25, -0.2) is 0 Å². The van der Waals surface area contributed by atoms with Gasteiger partial charge in [0.1, 0.15) is 14.9 Å². The summed E-state index contributed by atoms with van der Waals surface area (Å²) in [5, 5.41) is 14.4. The zero-order valence-corrected chi connectivity index (χ0v) is 16.6. The van der Waals surface area contributed by atoms with Gasteiger partial charge in [-0.3, -0.25) is 19.9 Å². The lowest BCUT2D eigenvalue weighted by Gasteiger charge is -2.29. The minimum absolute atomic E-state index is 0.0447. The highest BCUT2D eigenvalue weighted by Crippen LogP contribution is 2.43. The second-order valence-corrected chi connectivity index (χ2v) is 7.95. The van der Waals surface area contributed by atoms with Crippen molar-refractivity contribution in [3.63, 3.8) is 0 Å². The smallest absolute Gasteiger partial charge is 0.323 e. The molecule has 1 saturated heterocycles. The Morgan fingerprint density at radius 2 is 2.00 bits per heavy atom. The van der Waals surface area contributed by atoms with E-state index in [4.69, 9.17) is 27.9 Å². The quantitative estimate of drug-likeness (QED) is 0.568. The number of likely N-dealkylation sites (tertiary alicyclic amines) is 1. The summed E-state index contributed by atoms with van der Waals surface area (Å²) in [7, 11) is 2.03. The Kier molecular flexibility index (Phi) is 6.15. The summed E-state index contributed by atoms with van der Waals surface area (Å²) in [6, 6.07) is 1.25. The van der Waals surface area contributed by atoms with E-state index < -0.39 is 4.92 Å². The fourth-order valence-electron chi connectivity index (χ4n) is 2.68. The molecule has 0 unspecified atom stereocenters. The number of piperidine rings is 1. The van der Waals surface area contributed by atoms with Crippen LogP contribution in [0.15, 0.2) is 18.5 Å². The number of nitrogens with zero attached hydrogens (tertiary/aromatic N) is 3. The minimum Gasteiger partial charge on any atom is -0.437 e. The third kappa shape index (κ3) is 4.67. The maximum absolute atomic E-state index is 12.5. The number of halogens is 2. The van der Waals surface area contributed by atoms with E-state index in [0.29, 0.717) is 0 Å². The number of ether oxygens (including phenoxy) is 1. The molecule has 11 heteroatoms. The van der Waals surface area contributed by atoms with Gasteiger partial charge in [0.05, 0.1) is 4.92 Å². The molecule has 3 rings (SSSR count). The Morgan fingerprint density at radius 3 is 2.59 bits per heavy atom. The summed E-state index contributed by atoms with van der Waals surface area (Å²) in [5.41, 5.74) is -0.322. The number of carbonyl (C=O) groups is 1. The lowest BCUT2D eigenvalue weighted by Crippen LogP contribution is -2.43. The fourth-order valence-corrected chi connectivity index (χ4v) is 4.00. The molecule has 0 radical (unpaired) electrons. The van der Waals surface area contributed by atoms with Crippen molar-refractivity contribution in [3.05, 3.63) is 43.5 Å². The van der Waals surface area contributed by atoms with Gasteiger partial charge >= 0.3 is 5.69 Å². The molecule has 27 heavy (non-hydrogen) atoms. The molecular formula is C16H16Cl2N4O4S. The number of nitro groups is 1. The molecular weight excluding hydrogens is 415 g/mol. The number of aromatic nitrogens is 1. The van der Waals surface area contributed by atoms with Gasteiger partial charge in [0.25, 0.3) is 11.0 Å². The van der Waals surface area contributed by atoms with Gasteiger partial charge < -0.3 is 15.0 Å². The van der Waals surface area contributed by atoms with E-state index in [0.717, 1.165) is 37.3 Å². The predicted molar refractivity (Wildman–Crippen MR) is 103 cm³/mol. The van der Waals surface area contributed by atoms with Crippen molar-refractivity contribution < 1.29 is 14.5 Å². The van der Waals surface area contributed by atoms with Gasteiger partial charge in [-0.05, 0) is 33.0 Å².